The zero-order valence-corrected chi connectivity index (χ0v) is 19.9. The van der Waals surface area contributed by atoms with E-state index in [0.29, 0.717) is 19.1 Å². The molecule has 2 aromatic carbocycles. The Labute approximate surface area is 212 Å². The first-order valence-corrected chi connectivity index (χ1v) is 11.3. The molecule has 0 radical (unpaired) electrons. The number of allylic oxidation sites excluding steroid dienone is 1. The summed E-state index contributed by atoms with van der Waals surface area (Å²) in [6, 6.07) is 7.24. The minimum Gasteiger partial charge on any atom is -0.487 e. The molecule has 0 aromatic heterocycles. The lowest BCUT2D eigenvalue weighted by molar-refractivity contribution is -0.138. The molecule has 1 aliphatic rings. The van der Waals surface area contributed by atoms with Gasteiger partial charge < -0.3 is 20.1 Å². The quantitative estimate of drug-likeness (QED) is 0.381. The third-order valence-corrected chi connectivity index (χ3v) is 5.48. The SMILES string of the molecule is CC(F)(F)COc1ccc(C(=O)N2CCC(F)(F)/C(=C\C(=O)NCCO)c3ccccc32)c(C(F)(F)F)c1. The number of nitrogens with zero attached hydrogens (tertiary/aromatic N) is 1. The van der Waals surface area contributed by atoms with Gasteiger partial charge >= 0.3 is 6.18 Å². The van der Waals surface area contributed by atoms with Crippen LogP contribution in [0.25, 0.3) is 5.57 Å². The standard InChI is InChI=1S/C25H23F7N2O4/c1-23(26,27)14-38-15-6-7-17(19(12-15)25(30,31)32)22(37)34-10-8-24(28,29)18(13-21(36)33-9-11-35)16-4-2-3-5-20(16)34/h2-7,12-13,35H,8-11,14H2,1H3,(H,33,36)/b18-13-. The zero-order chi connectivity index (χ0) is 28.3. The van der Waals surface area contributed by atoms with Gasteiger partial charge in [-0.1, -0.05) is 18.2 Å². The number of para-hydroxylation sites is 1. The third kappa shape index (κ3) is 6.82. The molecular formula is C25H23F7N2O4. The largest absolute Gasteiger partial charge is 0.487 e. The fourth-order valence-electron chi connectivity index (χ4n) is 3.79. The van der Waals surface area contributed by atoms with Gasteiger partial charge in [-0.3, -0.25) is 9.59 Å². The minimum atomic E-state index is -5.11. The molecule has 1 heterocycles. The summed E-state index contributed by atoms with van der Waals surface area (Å²) in [7, 11) is 0. The molecule has 13 heteroatoms. The Bertz CT molecular complexity index is 1220. The van der Waals surface area contributed by atoms with Crippen LogP contribution in [0.5, 0.6) is 5.75 Å². The van der Waals surface area contributed by atoms with Crippen molar-refractivity contribution in [2.24, 2.45) is 0 Å². The van der Waals surface area contributed by atoms with Crippen molar-refractivity contribution in [2.45, 2.75) is 31.4 Å². The maximum Gasteiger partial charge on any atom is 0.417 e. The second-order valence-electron chi connectivity index (χ2n) is 8.57. The Hall–Kier alpha value is -3.61. The minimum absolute atomic E-state index is 0.157. The molecule has 2 aromatic rings. The molecule has 0 bridgehead atoms. The van der Waals surface area contributed by atoms with Crippen molar-refractivity contribution >= 4 is 23.1 Å². The highest BCUT2D eigenvalue weighted by molar-refractivity contribution is 6.10. The second-order valence-corrected chi connectivity index (χ2v) is 8.57. The lowest BCUT2D eigenvalue weighted by atomic mass is 9.97. The molecule has 0 fully saturated rings. The first kappa shape index (κ1) is 29.0. The molecule has 3 rings (SSSR count). The monoisotopic (exact) mass is 548 g/mol. The number of carbonyl (C=O) groups is 2. The van der Waals surface area contributed by atoms with Crippen LogP contribution in [0.2, 0.25) is 0 Å². The zero-order valence-electron chi connectivity index (χ0n) is 19.9. The van der Waals surface area contributed by atoms with Gasteiger partial charge in [0.2, 0.25) is 5.91 Å². The van der Waals surface area contributed by atoms with Crippen LogP contribution in [0, 0.1) is 0 Å². The number of alkyl halides is 7. The van der Waals surface area contributed by atoms with Crippen molar-refractivity contribution < 1.29 is 50.2 Å². The fraction of sp³-hybridized carbons (Fsp3) is 0.360. The van der Waals surface area contributed by atoms with E-state index in [1.165, 1.54) is 24.3 Å². The fourth-order valence-corrected chi connectivity index (χ4v) is 3.79. The summed E-state index contributed by atoms with van der Waals surface area (Å²) < 4.78 is 103. The van der Waals surface area contributed by atoms with Crippen LogP contribution in [0.1, 0.15) is 34.8 Å². The van der Waals surface area contributed by atoms with E-state index < -0.39 is 78.5 Å². The molecule has 0 unspecified atom stereocenters. The summed E-state index contributed by atoms with van der Waals surface area (Å²) in [6.45, 7) is -2.02. The number of carbonyl (C=O) groups excluding carboxylic acids is 2. The maximum atomic E-state index is 15.1. The molecule has 0 spiro atoms. The number of nitrogens with one attached hydrogen (secondary N) is 1. The molecule has 6 nitrogen and oxygen atoms in total. The normalized spacial score (nSPS) is 16.6. The van der Waals surface area contributed by atoms with Gasteiger partial charge in [0.1, 0.15) is 5.75 Å². The Morgan fingerprint density at radius 2 is 1.82 bits per heavy atom. The molecule has 2 amide bonds. The van der Waals surface area contributed by atoms with Crippen molar-refractivity contribution in [3.05, 3.63) is 65.2 Å². The van der Waals surface area contributed by atoms with E-state index in [2.05, 4.69) is 5.32 Å². The van der Waals surface area contributed by atoms with Crippen LogP contribution in [0.3, 0.4) is 0 Å². The van der Waals surface area contributed by atoms with E-state index in [0.717, 1.165) is 17.0 Å². The molecule has 2 N–H and O–H groups in total. The Morgan fingerprint density at radius 1 is 1.13 bits per heavy atom. The van der Waals surface area contributed by atoms with Gasteiger partial charge in [-0.2, -0.15) is 13.2 Å². The molecule has 0 atom stereocenters. The number of rotatable bonds is 7. The second kappa shape index (κ2) is 11.0. The molecule has 38 heavy (non-hydrogen) atoms. The topological polar surface area (TPSA) is 78.9 Å². The molecular weight excluding hydrogens is 525 g/mol. The van der Waals surface area contributed by atoms with Crippen molar-refractivity contribution in [1.29, 1.82) is 0 Å². The summed E-state index contributed by atoms with van der Waals surface area (Å²) in [5.74, 6) is -9.72. The van der Waals surface area contributed by atoms with Crippen LogP contribution >= 0.6 is 0 Å². The van der Waals surface area contributed by atoms with E-state index in [1.807, 2.05) is 0 Å². The number of aliphatic hydroxyl groups is 1. The van der Waals surface area contributed by atoms with Crippen LogP contribution in [0.15, 0.2) is 48.5 Å². The lowest BCUT2D eigenvalue weighted by Crippen LogP contribution is -2.34. The number of amides is 2. The number of benzene rings is 2. The molecule has 0 saturated carbocycles. The summed E-state index contributed by atoms with van der Waals surface area (Å²) in [6.07, 6.45) is -5.50. The number of aliphatic hydroxyl groups excluding tert-OH is 1. The first-order chi connectivity index (χ1) is 17.6. The van der Waals surface area contributed by atoms with Crippen LogP contribution in [0.4, 0.5) is 36.4 Å². The van der Waals surface area contributed by atoms with Crippen molar-refractivity contribution in [1.82, 2.24) is 5.32 Å². The predicted octanol–water partition coefficient (Wildman–Crippen LogP) is 4.92. The average Bonchev–Trinajstić information content (AvgIpc) is 2.94. The Balaban J connectivity index is 2.07. The number of hydrogen-bond donors (Lipinski definition) is 2. The summed E-state index contributed by atoms with van der Waals surface area (Å²) >= 11 is 0. The molecule has 0 aliphatic carbocycles. The number of anilines is 1. The lowest BCUT2D eigenvalue weighted by Gasteiger charge is -2.24. The van der Waals surface area contributed by atoms with Gasteiger partial charge in [0.25, 0.3) is 17.8 Å². The molecule has 206 valence electrons. The van der Waals surface area contributed by atoms with Crippen molar-refractivity contribution in [3.8, 4) is 5.75 Å². The van der Waals surface area contributed by atoms with Gasteiger partial charge in [0, 0.05) is 43.6 Å². The van der Waals surface area contributed by atoms with Gasteiger partial charge in [-0.25, -0.2) is 17.6 Å². The van der Waals surface area contributed by atoms with Crippen molar-refractivity contribution in [3.63, 3.8) is 0 Å². The van der Waals surface area contributed by atoms with E-state index in [-0.39, 0.29) is 17.8 Å². The van der Waals surface area contributed by atoms with Crippen molar-refractivity contribution in [2.75, 3.05) is 31.2 Å². The Kier molecular flexibility index (Phi) is 8.39. The third-order valence-electron chi connectivity index (χ3n) is 5.48. The molecule has 0 saturated heterocycles. The number of halogens is 7. The highest BCUT2D eigenvalue weighted by atomic mass is 19.4. The van der Waals surface area contributed by atoms with Gasteiger partial charge in [-0.05, 0) is 24.3 Å². The first-order valence-electron chi connectivity index (χ1n) is 11.3. The highest BCUT2D eigenvalue weighted by Crippen LogP contribution is 2.44. The number of hydrogen-bond acceptors (Lipinski definition) is 4. The van der Waals surface area contributed by atoms with E-state index in [1.54, 1.807) is 0 Å². The van der Waals surface area contributed by atoms with Crippen LogP contribution in [-0.2, 0) is 11.0 Å². The summed E-state index contributed by atoms with van der Waals surface area (Å²) in [4.78, 5) is 26.3. The maximum absolute atomic E-state index is 15.1. The summed E-state index contributed by atoms with van der Waals surface area (Å²) in [5, 5.41) is 11.1. The number of fused-ring (bicyclic) bond motifs is 1. The van der Waals surface area contributed by atoms with Gasteiger partial charge in [0.05, 0.1) is 23.4 Å². The average molecular weight is 548 g/mol. The Morgan fingerprint density at radius 3 is 2.45 bits per heavy atom. The van der Waals surface area contributed by atoms with E-state index in [4.69, 9.17) is 9.84 Å². The molecule has 1 aliphatic heterocycles. The highest BCUT2D eigenvalue weighted by Gasteiger charge is 2.43. The van der Waals surface area contributed by atoms with Gasteiger partial charge in [-0.15, -0.1) is 0 Å². The summed E-state index contributed by atoms with van der Waals surface area (Å²) in [5.41, 5.74) is -3.55. The van der Waals surface area contributed by atoms with E-state index >= 15 is 8.78 Å². The predicted molar refractivity (Wildman–Crippen MR) is 123 cm³/mol. The van der Waals surface area contributed by atoms with Crippen LogP contribution in [-0.4, -0.2) is 55.1 Å². The number of ether oxygens (including phenoxy) is 1. The van der Waals surface area contributed by atoms with E-state index in [9.17, 15) is 31.5 Å². The van der Waals surface area contributed by atoms with Gasteiger partial charge in [0.15, 0.2) is 6.61 Å². The smallest absolute Gasteiger partial charge is 0.417 e. The van der Waals surface area contributed by atoms with Crippen LogP contribution < -0.4 is 15.0 Å².